The number of aromatic amines is 2. The topological polar surface area (TPSA) is 118 Å². The van der Waals surface area contributed by atoms with Gasteiger partial charge in [-0.25, -0.2) is 5.48 Å². The fourth-order valence-electron chi connectivity index (χ4n) is 5.11. The first kappa shape index (κ1) is 24.3. The maximum Gasteiger partial charge on any atom is 0.270 e. The lowest BCUT2D eigenvalue weighted by Gasteiger charge is -2.30. The van der Waals surface area contributed by atoms with Crippen LogP contribution >= 0.6 is 0 Å². The summed E-state index contributed by atoms with van der Waals surface area (Å²) in [5.41, 5.74) is 7.71. The Kier molecular flexibility index (Phi) is 6.74. The molecular formula is C29H28N4O4. The number of nitrogens with zero attached hydrogens (tertiary/aromatic N) is 1. The molecule has 188 valence electrons. The number of aryl methyl sites for hydroxylation is 1. The number of para-hydroxylation sites is 1. The number of rotatable bonds is 8. The van der Waals surface area contributed by atoms with Crippen molar-refractivity contribution in [2.75, 3.05) is 6.54 Å². The summed E-state index contributed by atoms with van der Waals surface area (Å²) in [6.07, 6.45) is 8.74. The number of amides is 2. The van der Waals surface area contributed by atoms with Crippen molar-refractivity contribution in [3.63, 3.8) is 0 Å². The predicted molar refractivity (Wildman–Crippen MR) is 140 cm³/mol. The van der Waals surface area contributed by atoms with Gasteiger partial charge < -0.3 is 14.9 Å². The van der Waals surface area contributed by atoms with E-state index in [-0.39, 0.29) is 17.7 Å². The van der Waals surface area contributed by atoms with Crippen molar-refractivity contribution in [2.24, 2.45) is 0 Å². The largest absolute Gasteiger partial charge is 0.361 e. The molecule has 8 heteroatoms. The zero-order valence-corrected chi connectivity index (χ0v) is 20.5. The summed E-state index contributed by atoms with van der Waals surface area (Å²) in [6, 6.07) is 15.5. The zero-order valence-electron chi connectivity index (χ0n) is 20.5. The molecule has 0 radical (unpaired) electrons. The number of H-pyrrole nitrogens is 2. The number of carbonyl (C=O) groups excluding carboxylic acids is 3. The Morgan fingerprint density at radius 3 is 2.73 bits per heavy atom. The van der Waals surface area contributed by atoms with Crippen LogP contribution in [0, 0.1) is 0 Å². The van der Waals surface area contributed by atoms with E-state index in [1.807, 2.05) is 47.5 Å². The second-order valence-corrected chi connectivity index (χ2v) is 9.29. The molecular weight excluding hydrogens is 468 g/mol. The van der Waals surface area contributed by atoms with Gasteiger partial charge in [0, 0.05) is 41.5 Å². The third-order valence-corrected chi connectivity index (χ3v) is 7.00. The molecule has 2 heterocycles. The predicted octanol–water partition coefficient (Wildman–Crippen LogP) is 4.59. The molecule has 0 spiro atoms. The SMILES string of the molecule is CC(=O)c1c[nH]c(C(=O)N(CCc2c[nH]c3ccccc23)C2CCc3cc(/C=C/C(=O)NO)ccc32)c1. The van der Waals surface area contributed by atoms with Gasteiger partial charge in [0.25, 0.3) is 11.8 Å². The molecule has 37 heavy (non-hydrogen) atoms. The minimum atomic E-state index is -0.594. The molecule has 1 unspecified atom stereocenters. The summed E-state index contributed by atoms with van der Waals surface area (Å²) in [5.74, 6) is -0.834. The van der Waals surface area contributed by atoms with Gasteiger partial charge in [-0.05, 0) is 66.6 Å². The highest BCUT2D eigenvalue weighted by molar-refractivity contribution is 5.99. The van der Waals surface area contributed by atoms with E-state index in [1.54, 1.807) is 23.8 Å². The molecule has 0 saturated heterocycles. The molecule has 1 aliphatic rings. The van der Waals surface area contributed by atoms with Crippen LogP contribution < -0.4 is 5.48 Å². The molecule has 1 aliphatic carbocycles. The van der Waals surface area contributed by atoms with Crippen LogP contribution in [-0.4, -0.2) is 44.2 Å². The first-order valence-corrected chi connectivity index (χ1v) is 12.2. The number of fused-ring (bicyclic) bond motifs is 2. The third kappa shape index (κ3) is 4.96. The minimum Gasteiger partial charge on any atom is -0.361 e. The van der Waals surface area contributed by atoms with Crippen molar-refractivity contribution in [2.45, 2.75) is 32.2 Å². The van der Waals surface area contributed by atoms with Gasteiger partial charge in [-0.1, -0.05) is 36.4 Å². The molecule has 2 aromatic heterocycles. The van der Waals surface area contributed by atoms with Crippen LogP contribution in [-0.2, 0) is 17.6 Å². The Morgan fingerprint density at radius 1 is 1.11 bits per heavy atom. The lowest BCUT2D eigenvalue weighted by molar-refractivity contribution is -0.124. The molecule has 2 aromatic carbocycles. The maximum atomic E-state index is 13.8. The van der Waals surface area contributed by atoms with Crippen LogP contribution in [0.4, 0.5) is 0 Å². The fraction of sp³-hybridized carbons (Fsp3) is 0.207. The molecule has 0 bridgehead atoms. The van der Waals surface area contributed by atoms with E-state index in [1.165, 1.54) is 13.0 Å². The van der Waals surface area contributed by atoms with Gasteiger partial charge in [0.1, 0.15) is 5.69 Å². The van der Waals surface area contributed by atoms with E-state index in [0.29, 0.717) is 24.2 Å². The van der Waals surface area contributed by atoms with Crippen LogP contribution in [0.15, 0.2) is 67.0 Å². The second-order valence-electron chi connectivity index (χ2n) is 9.29. The van der Waals surface area contributed by atoms with Gasteiger partial charge in [0.15, 0.2) is 5.78 Å². The Bertz CT molecular complexity index is 1510. The monoisotopic (exact) mass is 496 g/mol. The summed E-state index contributed by atoms with van der Waals surface area (Å²) in [5, 5.41) is 9.85. The summed E-state index contributed by atoms with van der Waals surface area (Å²) in [7, 11) is 0. The van der Waals surface area contributed by atoms with Gasteiger partial charge in [0.2, 0.25) is 0 Å². The average molecular weight is 497 g/mol. The first-order chi connectivity index (χ1) is 17.9. The molecule has 0 fully saturated rings. The van der Waals surface area contributed by atoms with Crippen LogP contribution in [0.25, 0.3) is 17.0 Å². The number of nitrogens with one attached hydrogen (secondary N) is 3. The summed E-state index contributed by atoms with van der Waals surface area (Å²) in [6.45, 7) is 1.99. The minimum absolute atomic E-state index is 0.0951. The number of ketones is 1. The van der Waals surface area contributed by atoms with E-state index in [0.717, 1.165) is 46.0 Å². The Labute approximate surface area is 214 Å². The van der Waals surface area contributed by atoms with E-state index >= 15 is 0 Å². The van der Waals surface area contributed by atoms with E-state index < -0.39 is 5.91 Å². The standard InChI is InChI=1S/C29H28N4O4/c1-18(34)22-15-26(31-17-22)29(36)33(13-12-21-16-30-25-5-3-2-4-23(21)25)27-10-8-20-14-19(6-9-24(20)27)7-11-28(35)32-37/h2-7,9,11,14-17,27,30-31,37H,8,10,12-13H2,1H3,(H,32,35)/b11-7+. The van der Waals surface area contributed by atoms with E-state index in [2.05, 4.69) is 16.0 Å². The number of hydrogen-bond donors (Lipinski definition) is 4. The van der Waals surface area contributed by atoms with Gasteiger partial charge in [0.05, 0.1) is 6.04 Å². The van der Waals surface area contributed by atoms with Gasteiger partial charge >= 0.3 is 0 Å². The van der Waals surface area contributed by atoms with Crippen LogP contribution in [0.2, 0.25) is 0 Å². The molecule has 8 nitrogen and oxygen atoms in total. The van der Waals surface area contributed by atoms with Crippen molar-refractivity contribution >= 4 is 34.6 Å². The molecule has 5 rings (SSSR count). The van der Waals surface area contributed by atoms with Gasteiger partial charge in [-0.2, -0.15) is 0 Å². The van der Waals surface area contributed by atoms with Crippen molar-refractivity contribution in [1.29, 1.82) is 0 Å². The Morgan fingerprint density at radius 2 is 1.95 bits per heavy atom. The van der Waals surface area contributed by atoms with E-state index in [4.69, 9.17) is 5.21 Å². The number of hydrogen-bond acceptors (Lipinski definition) is 4. The third-order valence-electron chi connectivity index (χ3n) is 7.00. The van der Waals surface area contributed by atoms with Crippen molar-refractivity contribution in [1.82, 2.24) is 20.3 Å². The molecule has 0 saturated carbocycles. The normalized spacial score (nSPS) is 14.7. The van der Waals surface area contributed by atoms with Crippen LogP contribution in [0.1, 0.15) is 62.5 Å². The zero-order chi connectivity index (χ0) is 25.9. The van der Waals surface area contributed by atoms with E-state index in [9.17, 15) is 14.4 Å². The van der Waals surface area contributed by atoms with Crippen molar-refractivity contribution in [3.8, 4) is 0 Å². The molecule has 2 amide bonds. The van der Waals surface area contributed by atoms with Crippen molar-refractivity contribution in [3.05, 3.63) is 101 Å². The maximum absolute atomic E-state index is 13.8. The van der Waals surface area contributed by atoms with Gasteiger partial charge in [-0.3, -0.25) is 19.6 Å². The Hall–Kier alpha value is -4.43. The van der Waals surface area contributed by atoms with Crippen LogP contribution in [0.3, 0.4) is 0 Å². The highest BCUT2D eigenvalue weighted by Gasteiger charge is 2.32. The number of Topliss-reactive ketones (excluding diaryl/α,β-unsaturated/α-hetero) is 1. The number of aromatic nitrogens is 2. The van der Waals surface area contributed by atoms with Crippen LogP contribution in [0.5, 0.6) is 0 Å². The highest BCUT2D eigenvalue weighted by atomic mass is 16.5. The number of benzene rings is 2. The molecule has 1 atom stereocenters. The quantitative estimate of drug-likeness (QED) is 0.123. The second kappa shape index (κ2) is 10.3. The molecule has 4 N–H and O–H groups in total. The van der Waals surface area contributed by atoms with Gasteiger partial charge in [-0.15, -0.1) is 0 Å². The average Bonchev–Trinajstić information content (AvgIpc) is 3.66. The summed E-state index contributed by atoms with van der Waals surface area (Å²) in [4.78, 5) is 45.2. The lowest BCUT2D eigenvalue weighted by atomic mass is 10.0. The first-order valence-electron chi connectivity index (χ1n) is 12.2. The smallest absolute Gasteiger partial charge is 0.270 e. The Balaban J connectivity index is 1.44. The number of hydroxylamine groups is 1. The summed E-state index contributed by atoms with van der Waals surface area (Å²) >= 11 is 0. The van der Waals surface area contributed by atoms with Crippen molar-refractivity contribution < 1.29 is 19.6 Å². The number of carbonyl (C=O) groups is 3. The lowest BCUT2D eigenvalue weighted by Crippen LogP contribution is -2.36. The fourth-order valence-corrected chi connectivity index (χ4v) is 5.11. The molecule has 0 aliphatic heterocycles. The summed E-state index contributed by atoms with van der Waals surface area (Å²) < 4.78 is 0. The molecule has 4 aromatic rings. The highest BCUT2D eigenvalue weighted by Crippen LogP contribution is 2.37.